The maximum absolute atomic E-state index is 6.22. The fourth-order valence-electron chi connectivity index (χ4n) is 3.68. The second-order valence-electron chi connectivity index (χ2n) is 6.98. The first kappa shape index (κ1) is 16.8. The highest BCUT2D eigenvalue weighted by molar-refractivity contribution is 6.28. The summed E-state index contributed by atoms with van der Waals surface area (Å²) in [5.41, 5.74) is 3.73. The standard InChI is InChI=1S/C19H24ClN5/c1-23-9-11-25(12-10-23)18-16-14-24(13-15-5-3-2-4-6-15)8-7-17(16)21-19(20)22-18/h2-6H,7-14H2,1H3. The van der Waals surface area contributed by atoms with Gasteiger partial charge in [-0.05, 0) is 24.2 Å². The lowest BCUT2D eigenvalue weighted by atomic mass is 10.0. The third-order valence-electron chi connectivity index (χ3n) is 5.14. The molecular weight excluding hydrogens is 334 g/mol. The number of hydrogen-bond donors (Lipinski definition) is 0. The molecule has 0 saturated carbocycles. The van der Waals surface area contributed by atoms with Gasteiger partial charge in [0.15, 0.2) is 0 Å². The normalized spacial score (nSPS) is 19.0. The van der Waals surface area contributed by atoms with Gasteiger partial charge in [-0.15, -0.1) is 0 Å². The molecule has 1 fully saturated rings. The van der Waals surface area contributed by atoms with Crippen molar-refractivity contribution in [2.24, 2.45) is 0 Å². The fourth-order valence-corrected chi connectivity index (χ4v) is 3.86. The Bertz CT molecular complexity index is 728. The number of anilines is 1. The van der Waals surface area contributed by atoms with E-state index in [0.29, 0.717) is 5.28 Å². The summed E-state index contributed by atoms with van der Waals surface area (Å²) >= 11 is 6.22. The van der Waals surface area contributed by atoms with E-state index in [2.05, 4.69) is 62.0 Å². The summed E-state index contributed by atoms with van der Waals surface area (Å²) in [5.74, 6) is 1.04. The number of aromatic nitrogens is 2. The third kappa shape index (κ3) is 3.78. The number of benzene rings is 1. The number of nitrogens with zero attached hydrogens (tertiary/aromatic N) is 5. The molecule has 0 radical (unpaired) electrons. The summed E-state index contributed by atoms with van der Waals surface area (Å²) in [6.45, 7) is 6.98. The highest BCUT2D eigenvalue weighted by Crippen LogP contribution is 2.29. The van der Waals surface area contributed by atoms with Crippen LogP contribution in [0.4, 0.5) is 5.82 Å². The van der Waals surface area contributed by atoms with Crippen LogP contribution < -0.4 is 4.90 Å². The Labute approximate surface area is 154 Å². The van der Waals surface area contributed by atoms with E-state index in [1.54, 1.807) is 0 Å². The zero-order valence-corrected chi connectivity index (χ0v) is 15.4. The first-order valence-corrected chi connectivity index (χ1v) is 9.32. The van der Waals surface area contributed by atoms with E-state index in [0.717, 1.165) is 63.7 Å². The van der Waals surface area contributed by atoms with Crippen molar-refractivity contribution in [2.45, 2.75) is 19.5 Å². The summed E-state index contributed by atoms with van der Waals surface area (Å²) < 4.78 is 0. The molecule has 25 heavy (non-hydrogen) atoms. The average molecular weight is 358 g/mol. The van der Waals surface area contributed by atoms with Crippen LogP contribution in [0.15, 0.2) is 30.3 Å². The first-order chi connectivity index (χ1) is 12.2. The van der Waals surface area contributed by atoms with Crippen molar-refractivity contribution >= 4 is 17.4 Å². The van der Waals surface area contributed by atoms with Crippen LogP contribution in [-0.4, -0.2) is 59.5 Å². The van der Waals surface area contributed by atoms with E-state index >= 15 is 0 Å². The average Bonchev–Trinajstić information content (AvgIpc) is 2.63. The fraction of sp³-hybridized carbons (Fsp3) is 0.474. The van der Waals surface area contributed by atoms with Gasteiger partial charge in [0.25, 0.3) is 0 Å². The summed E-state index contributed by atoms with van der Waals surface area (Å²) in [5, 5.41) is 0.379. The van der Waals surface area contributed by atoms with Gasteiger partial charge in [0, 0.05) is 57.8 Å². The van der Waals surface area contributed by atoms with Crippen molar-refractivity contribution < 1.29 is 0 Å². The van der Waals surface area contributed by atoms with Gasteiger partial charge in [-0.1, -0.05) is 30.3 Å². The highest BCUT2D eigenvalue weighted by atomic mass is 35.5. The van der Waals surface area contributed by atoms with Gasteiger partial charge in [0.05, 0.1) is 5.69 Å². The number of rotatable bonds is 3. The monoisotopic (exact) mass is 357 g/mol. The van der Waals surface area contributed by atoms with Crippen LogP contribution in [-0.2, 0) is 19.5 Å². The molecule has 132 valence electrons. The molecule has 6 heteroatoms. The molecule has 1 aromatic heterocycles. The third-order valence-corrected chi connectivity index (χ3v) is 5.31. The quantitative estimate of drug-likeness (QED) is 0.788. The molecule has 1 saturated heterocycles. The number of fused-ring (bicyclic) bond motifs is 1. The topological polar surface area (TPSA) is 35.5 Å². The van der Waals surface area contributed by atoms with Crippen LogP contribution in [0.25, 0.3) is 0 Å². The molecule has 3 heterocycles. The Morgan fingerprint density at radius 3 is 2.52 bits per heavy atom. The molecule has 0 spiro atoms. The number of piperazine rings is 1. The minimum Gasteiger partial charge on any atom is -0.354 e. The van der Waals surface area contributed by atoms with Gasteiger partial charge in [-0.2, -0.15) is 0 Å². The van der Waals surface area contributed by atoms with Crippen LogP contribution in [0.5, 0.6) is 0 Å². The van der Waals surface area contributed by atoms with E-state index in [9.17, 15) is 0 Å². The summed E-state index contributed by atoms with van der Waals surface area (Å²) in [6, 6.07) is 10.7. The van der Waals surface area contributed by atoms with Crippen molar-refractivity contribution in [3.8, 4) is 0 Å². The van der Waals surface area contributed by atoms with E-state index < -0.39 is 0 Å². The Kier molecular flexibility index (Phi) is 4.88. The Hall–Kier alpha value is -1.69. The van der Waals surface area contributed by atoms with Crippen LogP contribution in [0, 0.1) is 0 Å². The van der Waals surface area contributed by atoms with Crippen LogP contribution in [0.1, 0.15) is 16.8 Å². The van der Waals surface area contributed by atoms with Crippen molar-refractivity contribution in [2.75, 3.05) is 44.7 Å². The molecule has 0 bridgehead atoms. The second-order valence-corrected chi connectivity index (χ2v) is 7.32. The molecule has 1 aromatic carbocycles. The summed E-state index contributed by atoms with van der Waals surface area (Å²) in [6.07, 6.45) is 0.936. The minimum atomic E-state index is 0.379. The SMILES string of the molecule is CN1CCN(c2nc(Cl)nc3c2CN(Cc2ccccc2)CC3)CC1. The molecular formula is C19H24ClN5. The van der Waals surface area contributed by atoms with Gasteiger partial charge < -0.3 is 9.80 Å². The zero-order valence-electron chi connectivity index (χ0n) is 14.7. The lowest BCUT2D eigenvalue weighted by molar-refractivity contribution is 0.242. The van der Waals surface area contributed by atoms with Crippen molar-refractivity contribution in [1.29, 1.82) is 0 Å². The molecule has 2 aliphatic rings. The molecule has 5 nitrogen and oxygen atoms in total. The van der Waals surface area contributed by atoms with Gasteiger partial charge >= 0.3 is 0 Å². The van der Waals surface area contributed by atoms with Crippen LogP contribution in [0.2, 0.25) is 5.28 Å². The van der Waals surface area contributed by atoms with Crippen molar-refractivity contribution in [1.82, 2.24) is 19.8 Å². The van der Waals surface area contributed by atoms with E-state index in [1.165, 1.54) is 11.1 Å². The largest absolute Gasteiger partial charge is 0.354 e. The maximum atomic E-state index is 6.22. The van der Waals surface area contributed by atoms with Crippen LogP contribution >= 0.6 is 11.6 Å². The van der Waals surface area contributed by atoms with Gasteiger partial charge in [0.1, 0.15) is 5.82 Å². The maximum Gasteiger partial charge on any atom is 0.224 e. The second kappa shape index (κ2) is 7.28. The van der Waals surface area contributed by atoms with E-state index in [-0.39, 0.29) is 0 Å². The van der Waals surface area contributed by atoms with E-state index in [4.69, 9.17) is 11.6 Å². The molecule has 4 rings (SSSR count). The van der Waals surface area contributed by atoms with Crippen molar-refractivity contribution in [3.63, 3.8) is 0 Å². The molecule has 2 aromatic rings. The zero-order chi connectivity index (χ0) is 17.2. The predicted molar refractivity (Wildman–Crippen MR) is 101 cm³/mol. The Morgan fingerprint density at radius 2 is 1.76 bits per heavy atom. The number of halogens is 1. The molecule has 0 N–H and O–H groups in total. The summed E-state index contributed by atoms with van der Waals surface area (Å²) in [4.78, 5) is 16.3. The highest BCUT2D eigenvalue weighted by Gasteiger charge is 2.26. The van der Waals surface area contributed by atoms with E-state index in [1.807, 2.05) is 0 Å². The molecule has 0 aliphatic carbocycles. The smallest absolute Gasteiger partial charge is 0.224 e. The lowest BCUT2D eigenvalue weighted by Crippen LogP contribution is -2.46. The Morgan fingerprint density at radius 1 is 1.00 bits per heavy atom. The lowest BCUT2D eigenvalue weighted by Gasteiger charge is -2.36. The minimum absolute atomic E-state index is 0.379. The van der Waals surface area contributed by atoms with Crippen LogP contribution in [0.3, 0.4) is 0 Å². The predicted octanol–water partition coefficient (Wildman–Crippen LogP) is 2.44. The Balaban J connectivity index is 1.57. The number of likely N-dealkylation sites (N-methyl/N-ethyl adjacent to an activating group) is 1. The van der Waals surface area contributed by atoms with Crippen molar-refractivity contribution in [3.05, 3.63) is 52.4 Å². The van der Waals surface area contributed by atoms with Gasteiger partial charge in [-0.3, -0.25) is 4.90 Å². The summed E-state index contributed by atoms with van der Waals surface area (Å²) in [7, 11) is 2.17. The molecule has 0 atom stereocenters. The number of hydrogen-bond acceptors (Lipinski definition) is 5. The van der Waals surface area contributed by atoms with Gasteiger partial charge in [0.2, 0.25) is 5.28 Å². The first-order valence-electron chi connectivity index (χ1n) is 8.94. The molecule has 0 unspecified atom stereocenters. The van der Waals surface area contributed by atoms with Gasteiger partial charge in [-0.25, -0.2) is 9.97 Å². The molecule has 0 amide bonds. The molecule has 2 aliphatic heterocycles.